The molecule has 0 spiro atoms. The molecule has 1 aromatic carbocycles. The molecule has 1 aromatic heterocycles. The Morgan fingerprint density at radius 1 is 0.889 bits per heavy atom. The van der Waals surface area contributed by atoms with Gasteiger partial charge in [-0.05, 0) is 35.1 Å². The maximum atomic E-state index is 13.0. The quantitative estimate of drug-likeness (QED) is 0.505. The number of carbonyl (C=O) groups excluding carboxylic acids is 1. The third kappa shape index (κ3) is 3.88. The fraction of sp³-hybridized carbons (Fsp3) is 0.409. The van der Waals surface area contributed by atoms with E-state index in [2.05, 4.69) is 63.9 Å². The largest absolute Gasteiger partial charge is 0.318 e. The van der Waals surface area contributed by atoms with E-state index in [9.17, 15) is 4.79 Å². The SMILES string of the molecule is Cn1c(=NN=C2C=C(C(C)(C)C)C(=O)C(C(C)(C)C)=C2)sc2ccccc21. The van der Waals surface area contributed by atoms with E-state index in [1.165, 1.54) is 4.70 Å². The van der Waals surface area contributed by atoms with Gasteiger partial charge in [-0.25, -0.2) is 0 Å². The first-order valence-electron chi connectivity index (χ1n) is 9.14. The van der Waals surface area contributed by atoms with Gasteiger partial charge in [-0.3, -0.25) is 4.79 Å². The third-order valence-electron chi connectivity index (χ3n) is 4.66. The van der Waals surface area contributed by atoms with Crippen molar-refractivity contribution in [1.29, 1.82) is 0 Å². The van der Waals surface area contributed by atoms with Gasteiger partial charge in [-0.15, -0.1) is 10.2 Å². The smallest absolute Gasteiger partial charge is 0.211 e. The Morgan fingerprint density at radius 3 is 1.96 bits per heavy atom. The molecular formula is C22H27N3OS. The predicted molar refractivity (Wildman–Crippen MR) is 114 cm³/mol. The summed E-state index contributed by atoms with van der Waals surface area (Å²) < 4.78 is 3.22. The van der Waals surface area contributed by atoms with Gasteiger partial charge in [-0.1, -0.05) is 65.0 Å². The minimum absolute atomic E-state index is 0.112. The third-order valence-corrected chi connectivity index (χ3v) is 5.76. The number of carbonyl (C=O) groups is 1. The number of allylic oxidation sites excluding steroid dienone is 4. The summed E-state index contributed by atoms with van der Waals surface area (Å²) in [5, 5.41) is 8.99. The normalized spacial score (nSPS) is 16.6. The minimum atomic E-state index is -0.245. The number of Topliss-reactive ketones (excluding diaryl/α,β-unsaturated/α-hetero) is 1. The van der Waals surface area contributed by atoms with Crippen LogP contribution in [-0.2, 0) is 11.8 Å². The molecule has 1 heterocycles. The monoisotopic (exact) mass is 381 g/mol. The zero-order chi connectivity index (χ0) is 20.0. The van der Waals surface area contributed by atoms with Crippen LogP contribution in [0.3, 0.4) is 0 Å². The summed E-state index contributed by atoms with van der Waals surface area (Å²) >= 11 is 1.61. The number of nitrogens with zero attached hydrogens (tertiary/aromatic N) is 3. The van der Waals surface area contributed by atoms with Gasteiger partial charge in [-0.2, -0.15) is 0 Å². The van der Waals surface area contributed by atoms with Crippen LogP contribution in [0.5, 0.6) is 0 Å². The second kappa shape index (κ2) is 6.71. The molecule has 1 aliphatic rings. The number of aryl methyl sites for hydroxylation is 1. The zero-order valence-electron chi connectivity index (χ0n) is 17.1. The van der Waals surface area contributed by atoms with Crippen LogP contribution in [0.2, 0.25) is 0 Å². The Hall–Kier alpha value is -2.27. The van der Waals surface area contributed by atoms with Gasteiger partial charge >= 0.3 is 0 Å². The lowest BCUT2D eigenvalue weighted by atomic mass is 9.72. The maximum Gasteiger partial charge on any atom is 0.211 e. The van der Waals surface area contributed by atoms with E-state index in [0.29, 0.717) is 0 Å². The molecule has 0 saturated carbocycles. The van der Waals surface area contributed by atoms with Crippen molar-refractivity contribution in [2.24, 2.45) is 28.1 Å². The van der Waals surface area contributed by atoms with Crippen molar-refractivity contribution in [1.82, 2.24) is 4.57 Å². The Morgan fingerprint density at radius 2 is 1.44 bits per heavy atom. The van der Waals surface area contributed by atoms with Crippen LogP contribution in [0.1, 0.15) is 41.5 Å². The number of thiazole rings is 1. The molecule has 5 heteroatoms. The van der Waals surface area contributed by atoms with E-state index in [1.54, 1.807) is 11.3 Å². The summed E-state index contributed by atoms with van der Waals surface area (Å²) in [6.07, 6.45) is 3.77. The number of rotatable bonds is 1. The predicted octanol–water partition coefficient (Wildman–Crippen LogP) is 5.02. The Kier molecular flexibility index (Phi) is 4.85. The van der Waals surface area contributed by atoms with Crippen molar-refractivity contribution in [3.05, 3.63) is 52.4 Å². The average Bonchev–Trinajstić information content (AvgIpc) is 2.88. The summed E-state index contributed by atoms with van der Waals surface area (Å²) in [4.78, 5) is 13.8. The zero-order valence-corrected chi connectivity index (χ0v) is 17.9. The van der Waals surface area contributed by atoms with Gasteiger partial charge in [0, 0.05) is 18.2 Å². The van der Waals surface area contributed by atoms with Crippen LogP contribution in [0, 0.1) is 10.8 Å². The molecular weight excluding hydrogens is 354 g/mol. The number of para-hydroxylation sites is 1. The number of aromatic nitrogens is 1. The summed E-state index contributed by atoms with van der Waals surface area (Å²) in [6, 6.07) is 8.21. The molecule has 27 heavy (non-hydrogen) atoms. The lowest BCUT2D eigenvalue weighted by molar-refractivity contribution is -0.114. The molecule has 0 radical (unpaired) electrons. The fourth-order valence-corrected chi connectivity index (χ4v) is 4.03. The average molecular weight is 382 g/mol. The van der Waals surface area contributed by atoms with Gasteiger partial charge in [0.25, 0.3) is 0 Å². The van der Waals surface area contributed by atoms with Crippen LogP contribution in [-0.4, -0.2) is 16.1 Å². The lowest BCUT2D eigenvalue weighted by Gasteiger charge is -2.30. The topological polar surface area (TPSA) is 46.7 Å². The van der Waals surface area contributed by atoms with Crippen molar-refractivity contribution >= 4 is 33.0 Å². The number of fused-ring (bicyclic) bond motifs is 1. The van der Waals surface area contributed by atoms with Gasteiger partial charge < -0.3 is 4.57 Å². The van der Waals surface area contributed by atoms with Crippen LogP contribution >= 0.6 is 11.3 Å². The number of ketones is 1. The van der Waals surface area contributed by atoms with Gasteiger partial charge in [0.1, 0.15) is 0 Å². The maximum absolute atomic E-state index is 13.0. The standard InChI is InChI=1S/C22H27N3OS/c1-21(2,3)15-12-14(13-16(19(15)26)22(4,5)6)23-24-20-25(7)17-10-8-9-11-18(17)27-20/h8-13H,1-7H3. The molecule has 0 amide bonds. The first-order valence-corrected chi connectivity index (χ1v) is 9.95. The Bertz CT molecular complexity index is 1030. The molecule has 0 bridgehead atoms. The van der Waals surface area contributed by atoms with Crippen molar-refractivity contribution in [3.8, 4) is 0 Å². The Balaban J connectivity index is 2.15. The van der Waals surface area contributed by atoms with Gasteiger partial charge in [0.2, 0.25) is 4.80 Å². The van der Waals surface area contributed by atoms with E-state index >= 15 is 0 Å². The van der Waals surface area contributed by atoms with Crippen molar-refractivity contribution in [2.75, 3.05) is 0 Å². The van der Waals surface area contributed by atoms with Crippen molar-refractivity contribution < 1.29 is 4.79 Å². The van der Waals surface area contributed by atoms with Crippen LogP contribution in [0.15, 0.2) is 57.8 Å². The molecule has 0 saturated heterocycles. The van der Waals surface area contributed by atoms with E-state index in [4.69, 9.17) is 0 Å². The van der Waals surface area contributed by atoms with Crippen molar-refractivity contribution in [3.63, 3.8) is 0 Å². The minimum Gasteiger partial charge on any atom is -0.318 e. The summed E-state index contributed by atoms with van der Waals surface area (Å²) in [6.45, 7) is 12.4. The molecule has 142 valence electrons. The molecule has 0 unspecified atom stereocenters. The highest BCUT2D eigenvalue weighted by atomic mass is 32.1. The molecule has 0 aliphatic heterocycles. The van der Waals surface area contributed by atoms with E-state index in [-0.39, 0.29) is 16.6 Å². The molecule has 0 fully saturated rings. The van der Waals surface area contributed by atoms with Crippen LogP contribution in [0.4, 0.5) is 0 Å². The van der Waals surface area contributed by atoms with Crippen LogP contribution in [0.25, 0.3) is 10.2 Å². The molecule has 0 atom stereocenters. The highest BCUT2D eigenvalue weighted by Gasteiger charge is 2.34. The first-order chi connectivity index (χ1) is 12.5. The molecule has 2 aromatic rings. The molecule has 1 aliphatic carbocycles. The number of hydrogen-bond acceptors (Lipinski definition) is 4. The highest BCUT2D eigenvalue weighted by molar-refractivity contribution is 7.16. The fourth-order valence-electron chi connectivity index (χ4n) is 3.06. The summed E-state index contributed by atoms with van der Waals surface area (Å²) in [5.41, 5.74) is 2.93. The van der Waals surface area contributed by atoms with E-state index in [1.807, 2.05) is 35.9 Å². The second-order valence-electron chi connectivity index (χ2n) is 8.98. The van der Waals surface area contributed by atoms with E-state index in [0.717, 1.165) is 27.2 Å². The number of hydrogen-bond donors (Lipinski definition) is 0. The van der Waals surface area contributed by atoms with Gasteiger partial charge in [0.15, 0.2) is 5.78 Å². The van der Waals surface area contributed by atoms with Crippen molar-refractivity contribution in [2.45, 2.75) is 41.5 Å². The molecule has 0 N–H and O–H groups in total. The highest BCUT2D eigenvalue weighted by Crippen LogP contribution is 2.37. The van der Waals surface area contributed by atoms with Gasteiger partial charge in [0.05, 0.1) is 15.9 Å². The van der Waals surface area contributed by atoms with E-state index < -0.39 is 0 Å². The molecule has 4 nitrogen and oxygen atoms in total. The molecule has 3 rings (SSSR count). The Labute approximate surface area is 164 Å². The summed E-state index contributed by atoms with van der Waals surface area (Å²) in [5.74, 6) is 0.112. The first kappa shape index (κ1) is 19.5. The number of benzene rings is 1. The van der Waals surface area contributed by atoms with Crippen LogP contribution < -0.4 is 4.80 Å². The lowest BCUT2D eigenvalue weighted by Crippen LogP contribution is -2.29. The summed E-state index contributed by atoms with van der Waals surface area (Å²) in [7, 11) is 2.00. The second-order valence-corrected chi connectivity index (χ2v) is 9.99.